The van der Waals surface area contributed by atoms with Crippen LogP contribution in [0.4, 0.5) is 9.52 Å². The van der Waals surface area contributed by atoms with Crippen LogP contribution < -0.4 is 5.73 Å². The third kappa shape index (κ3) is 3.11. The molecule has 0 aliphatic heterocycles. The molecule has 1 aliphatic carbocycles. The summed E-state index contributed by atoms with van der Waals surface area (Å²) in [5.41, 5.74) is 6.41. The summed E-state index contributed by atoms with van der Waals surface area (Å²) >= 11 is 1.51. The summed E-state index contributed by atoms with van der Waals surface area (Å²) in [6, 6.07) is 7.55. The summed E-state index contributed by atoms with van der Waals surface area (Å²) in [6.45, 7) is 1.45. The molecule has 3 rings (SSSR count). The van der Waals surface area contributed by atoms with E-state index in [0.717, 1.165) is 17.0 Å². The SMILES string of the molecule is Nc1ncc(CN(Cc2ccccc2F)C2CC2)s1. The lowest BCUT2D eigenvalue weighted by Gasteiger charge is -2.21. The van der Waals surface area contributed by atoms with Crippen molar-refractivity contribution >= 4 is 16.5 Å². The highest BCUT2D eigenvalue weighted by Crippen LogP contribution is 2.31. The fourth-order valence-corrected chi connectivity index (χ4v) is 2.90. The maximum Gasteiger partial charge on any atom is 0.180 e. The summed E-state index contributed by atoms with van der Waals surface area (Å²) < 4.78 is 13.7. The Kier molecular flexibility index (Phi) is 3.48. The number of nitrogen functional groups attached to an aromatic ring is 1. The van der Waals surface area contributed by atoms with Crippen molar-refractivity contribution in [3.8, 4) is 0 Å². The fraction of sp³-hybridized carbons (Fsp3) is 0.357. The topological polar surface area (TPSA) is 42.1 Å². The van der Waals surface area contributed by atoms with Crippen molar-refractivity contribution in [3.63, 3.8) is 0 Å². The molecule has 0 bridgehead atoms. The number of nitrogens with two attached hydrogens (primary N) is 1. The molecule has 1 aromatic heterocycles. The molecule has 1 aliphatic rings. The molecule has 1 saturated carbocycles. The van der Waals surface area contributed by atoms with Crippen LogP contribution in [0.3, 0.4) is 0 Å². The Hall–Kier alpha value is -1.46. The van der Waals surface area contributed by atoms with Gasteiger partial charge in [-0.25, -0.2) is 9.37 Å². The Balaban J connectivity index is 1.73. The number of halogens is 1. The Morgan fingerprint density at radius 3 is 2.74 bits per heavy atom. The van der Waals surface area contributed by atoms with Gasteiger partial charge in [-0.3, -0.25) is 4.90 Å². The summed E-state index contributed by atoms with van der Waals surface area (Å²) in [4.78, 5) is 7.52. The number of aromatic nitrogens is 1. The van der Waals surface area contributed by atoms with Crippen LogP contribution in [0.5, 0.6) is 0 Å². The smallest absolute Gasteiger partial charge is 0.180 e. The van der Waals surface area contributed by atoms with E-state index in [-0.39, 0.29) is 5.82 Å². The molecule has 1 fully saturated rings. The Morgan fingerprint density at radius 1 is 1.32 bits per heavy atom. The van der Waals surface area contributed by atoms with E-state index < -0.39 is 0 Å². The lowest BCUT2D eigenvalue weighted by molar-refractivity contribution is 0.244. The molecule has 5 heteroatoms. The van der Waals surface area contributed by atoms with Crippen molar-refractivity contribution in [2.24, 2.45) is 0 Å². The first-order valence-electron chi connectivity index (χ1n) is 6.40. The summed E-state index contributed by atoms with van der Waals surface area (Å²) in [5, 5.41) is 0.594. The van der Waals surface area contributed by atoms with Gasteiger partial charge in [-0.2, -0.15) is 0 Å². The number of benzene rings is 1. The van der Waals surface area contributed by atoms with Gasteiger partial charge in [0.25, 0.3) is 0 Å². The van der Waals surface area contributed by atoms with Gasteiger partial charge in [0.05, 0.1) is 0 Å². The number of rotatable bonds is 5. The highest BCUT2D eigenvalue weighted by atomic mass is 32.1. The molecule has 3 nitrogen and oxygen atoms in total. The Labute approximate surface area is 115 Å². The van der Waals surface area contributed by atoms with Crippen molar-refractivity contribution in [2.75, 3.05) is 5.73 Å². The van der Waals surface area contributed by atoms with Crippen molar-refractivity contribution < 1.29 is 4.39 Å². The van der Waals surface area contributed by atoms with E-state index in [1.54, 1.807) is 6.07 Å². The van der Waals surface area contributed by atoms with Crippen LogP contribution in [-0.2, 0) is 13.1 Å². The highest BCUT2D eigenvalue weighted by Gasteiger charge is 2.29. The van der Waals surface area contributed by atoms with Gasteiger partial charge in [0, 0.05) is 35.8 Å². The van der Waals surface area contributed by atoms with Gasteiger partial charge in [-0.05, 0) is 18.9 Å². The first-order valence-corrected chi connectivity index (χ1v) is 7.21. The molecule has 1 aromatic carbocycles. The lowest BCUT2D eigenvalue weighted by atomic mass is 10.2. The molecule has 0 radical (unpaired) electrons. The normalized spacial score (nSPS) is 15.1. The quantitative estimate of drug-likeness (QED) is 0.913. The van der Waals surface area contributed by atoms with E-state index >= 15 is 0 Å². The van der Waals surface area contributed by atoms with Crippen molar-refractivity contribution in [1.29, 1.82) is 0 Å². The maximum atomic E-state index is 13.7. The maximum absolute atomic E-state index is 13.7. The van der Waals surface area contributed by atoms with Crippen LogP contribution >= 0.6 is 11.3 Å². The van der Waals surface area contributed by atoms with Crippen LogP contribution in [0.1, 0.15) is 23.3 Å². The number of anilines is 1. The zero-order valence-electron chi connectivity index (χ0n) is 10.6. The molecular weight excluding hydrogens is 261 g/mol. The number of thiazole rings is 1. The predicted molar refractivity (Wildman–Crippen MR) is 75.2 cm³/mol. The highest BCUT2D eigenvalue weighted by molar-refractivity contribution is 7.15. The number of nitrogens with zero attached hydrogens (tertiary/aromatic N) is 2. The molecule has 2 N–H and O–H groups in total. The van der Waals surface area contributed by atoms with E-state index in [0.29, 0.717) is 17.7 Å². The van der Waals surface area contributed by atoms with Crippen LogP contribution in [0.2, 0.25) is 0 Å². The minimum absolute atomic E-state index is 0.128. The van der Waals surface area contributed by atoms with E-state index in [1.807, 2.05) is 18.3 Å². The van der Waals surface area contributed by atoms with Crippen molar-refractivity contribution in [2.45, 2.75) is 32.0 Å². The van der Waals surface area contributed by atoms with E-state index in [2.05, 4.69) is 9.88 Å². The second kappa shape index (κ2) is 5.27. The first kappa shape index (κ1) is 12.6. The number of hydrogen-bond donors (Lipinski definition) is 1. The zero-order valence-corrected chi connectivity index (χ0v) is 11.4. The second-order valence-electron chi connectivity index (χ2n) is 4.89. The Bertz CT molecular complexity index is 565. The van der Waals surface area contributed by atoms with Crippen molar-refractivity contribution in [1.82, 2.24) is 9.88 Å². The third-order valence-electron chi connectivity index (χ3n) is 3.32. The van der Waals surface area contributed by atoms with Crippen LogP contribution in [-0.4, -0.2) is 15.9 Å². The number of hydrogen-bond acceptors (Lipinski definition) is 4. The molecule has 1 heterocycles. The average Bonchev–Trinajstić information content (AvgIpc) is 3.16. The standard InChI is InChI=1S/C14H16FN3S/c15-13-4-2-1-3-10(13)8-18(11-5-6-11)9-12-7-17-14(16)19-12/h1-4,7,11H,5-6,8-9H2,(H2,16,17). The molecule has 0 saturated heterocycles. The first-order chi connectivity index (χ1) is 9.22. The van der Waals surface area contributed by atoms with Crippen LogP contribution in [0, 0.1) is 5.82 Å². The Morgan fingerprint density at radius 2 is 2.11 bits per heavy atom. The fourth-order valence-electron chi connectivity index (χ4n) is 2.20. The molecule has 0 spiro atoms. The van der Waals surface area contributed by atoms with Gasteiger partial charge in [0.2, 0.25) is 0 Å². The molecule has 19 heavy (non-hydrogen) atoms. The minimum atomic E-state index is -0.128. The second-order valence-corrected chi connectivity index (χ2v) is 6.04. The molecule has 0 atom stereocenters. The molecule has 2 aromatic rings. The van der Waals surface area contributed by atoms with Gasteiger partial charge in [-0.15, -0.1) is 11.3 Å². The van der Waals surface area contributed by atoms with E-state index in [9.17, 15) is 4.39 Å². The summed E-state index contributed by atoms with van der Waals surface area (Å²) in [6.07, 6.45) is 4.21. The zero-order chi connectivity index (χ0) is 13.2. The lowest BCUT2D eigenvalue weighted by Crippen LogP contribution is -2.25. The van der Waals surface area contributed by atoms with Gasteiger partial charge in [0.1, 0.15) is 5.82 Å². The van der Waals surface area contributed by atoms with Gasteiger partial charge >= 0.3 is 0 Å². The van der Waals surface area contributed by atoms with Crippen LogP contribution in [0.15, 0.2) is 30.5 Å². The van der Waals surface area contributed by atoms with Gasteiger partial charge < -0.3 is 5.73 Å². The summed E-state index contributed by atoms with van der Waals surface area (Å²) in [7, 11) is 0. The predicted octanol–water partition coefficient (Wildman–Crippen LogP) is 3.03. The molecule has 0 unspecified atom stereocenters. The monoisotopic (exact) mass is 277 g/mol. The molecular formula is C14H16FN3S. The minimum Gasteiger partial charge on any atom is -0.375 e. The van der Waals surface area contributed by atoms with Gasteiger partial charge in [-0.1, -0.05) is 18.2 Å². The van der Waals surface area contributed by atoms with Gasteiger partial charge in [0.15, 0.2) is 5.13 Å². The van der Waals surface area contributed by atoms with E-state index in [4.69, 9.17) is 5.73 Å². The van der Waals surface area contributed by atoms with Crippen LogP contribution in [0.25, 0.3) is 0 Å². The summed E-state index contributed by atoms with van der Waals surface area (Å²) in [5.74, 6) is -0.128. The van der Waals surface area contributed by atoms with Crippen molar-refractivity contribution in [3.05, 3.63) is 46.7 Å². The molecule has 0 amide bonds. The average molecular weight is 277 g/mol. The largest absolute Gasteiger partial charge is 0.375 e. The third-order valence-corrected chi connectivity index (χ3v) is 4.14. The molecule has 100 valence electrons. The van der Waals surface area contributed by atoms with E-state index in [1.165, 1.54) is 30.2 Å².